The molecule has 0 amide bonds. The van der Waals surface area contributed by atoms with Gasteiger partial charge in [-0.25, -0.2) is 0 Å². The lowest BCUT2D eigenvalue weighted by atomic mass is 10.1. The van der Waals surface area contributed by atoms with E-state index in [0.717, 1.165) is 5.56 Å². The minimum absolute atomic E-state index is 0.0738. The first-order valence-corrected chi connectivity index (χ1v) is 4.78. The molecule has 0 heterocycles. The number of hydrogen-bond acceptors (Lipinski definition) is 2. The maximum atomic E-state index is 5.87. The van der Waals surface area contributed by atoms with Crippen LogP contribution in [0.1, 0.15) is 11.6 Å². The van der Waals surface area contributed by atoms with E-state index in [0.29, 0.717) is 18.1 Å². The molecule has 0 aliphatic rings. The van der Waals surface area contributed by atoms with Crippen LogP contribution in [0.25, 0.3) is 0 Å². The van der Waals surface area contributed by atoms with Gasteiger partial charge in [-0.05, 0) is 17.7 Å². The van der Waals surface area contributed by atoms with Crippen LogP contribution in [0.15, 0.2) is 24.3 Å². The quantitative estimate of drug-likeness (QED) is 0.738. The molecule has 3 N–H and O–H groups in total. The Morgan fingerprint density at radius 2 is 2.36 bits per heavy atom. The molecule has 2 nitrogen and oxygen atoms in total. The van der Waals surface area contributed by atoms with E-state index in [4.69, 9.17) is 23.8 Å². The van der Waals surface area contributed by atoms with Crippen LogP contribution < -0.4 is 11.1 Å². The SMILES string of the molecule is C#CCNC(CN)c1cccc(Cl)c1. The number of benzene rings is 1. The molecule has 0 saturated heterocycles. The van der Waals surface area contributed by atoms with Crippen LogP contribution in [-0.4, -0.2) is 13.1 Å². The number of nitrogens with two attached hydrogens (primary N) is 1. The highest BCUT2D eigenvalue weighted by molar-refractivity contribution is 6.30. The molecule has 3 heteroatoms. The predicted molar refractivity (Wildman–Crippen MR) is 60.1 cm³/mol. The van der Waals surface area contributed by atoms with Crippen LogP contribution in [-0.2, 0) is 0 Å². The van der Waals surface area contributed by atoms with Crippen LogP contribution in [0.2, 0.25) is 5.02 Å². The normalized spacial score (nSPS) is 12.1. The molecule has 0 spiro atoms. The highest BCUT2D eigenvalue weighted by atomic mass is 35.5. The third-order valence-corrected chi connectivity index (χ3v) is 2.17. The summed E-state index contributed by atoms with van der Waals surface area (Å²) in [7, 11) is 0. The predicted octanol–water partition coefficient (Wildman–Crippen LogP) is 1.56. The van der Waals surface area contributed by atoms with Crippen molar-refractivity contribution in [3.8, 4) is 12.3 Å². The van der Waals surface area contributed by atoms with Gasteiger partial charge in [0, 0.05) is 17.6 Å². The van der Waals surface area contributed by atoms with E-state index in [9.17, 15) is 0 Å². The van der Waals surface area contributed by atoms with Crippen molar-refractivity contribution in [1.82, 2.24) is 5.32 Å². The first kappa shape index (κ1) is 11.1. The largest absolute Gasteiger partial charge is 0.329 e. The maximum absolute atomic E-state index is 5.87. The minimum atomic E-state index is 0.0738. The second-order valence-corrected chi connectivity index (χ2v) is 3.36. The zero-order valence-corrected chi connectivity index (χ0v) is 8.59. The number of hydrogen-bond donors (Lipinski definition) is 2. The highest BCUT2D eigenvalue weighted by Gasteiger charge is 2.07. The van der Waals surface area contributed by atoms with Crippen molar-refractivity contribution in [2.24, 2.45) is 5.73 Å². The number of nitrogens with one attached hydrogen (secondary N) is 1. The summed E-state index contributed by atoms with van der Waals surface area (Å²) < 4.78 is 0. The Bertz CT molecular complexity index is 330. The van der Waals surface area contributed by atoms with Gasteiger partial charge in [0.05, 0.1) is 6.54 Å². The standard InChI is InChI=1S/C11H13ClN2/c1-2-6-14-11(8-13)9-4-3-5-10(12)7-9/h1,3-5,7,11,14H,6,8,13H2. The fraction of sp³-hybridized carbons (Fsp3) is 0.273. The topological polar surface area (TPSA) is 38.0 Å². The zero-order chi connectivity index (χ0) is 10.4. The van der Waals surface area contributed by atoms with Crippen molar-refractivity contribution in [3.05, 3.63) is 34.9 Å². The highest BCUT2D eigenvalue weighted by Crippen LogP contribution is 2.16. The molecule has 1 aromatic rings. The smallest absolute Gasteiger partial charge is 0.0578 e. The maximum Gasteiger partial charge on any atom is 0.0578 e. The van der Waals surface area contributed by atoms with Gasteiger partial charge in [-0.2, -0.15) is 0 Å². The van der Waals surface area contributed by atoms with Gasteiger partial charge in [-0.15, -0.1) is 6.42 Å². The number of terminal acetylenes is 1. The summed E-state index contributed by atoms with van der Waals surface area (Å²) in [6.07, 6.45) is 5.16. The van der Waals surface area contributed by atoms with Crippen LogP contribution in [0, 0.1) is 12.3 Å². The summed E-state index contributed by atoms with van der Waals surface area (Å²) in [6, 6.07) is 7.68. The monoisotopic (exact) mass is 208 g/mol. The molecule has 0 saturated carbocycles. The molecule has 0 radical (unpaired) electrons. The molecule has 1 atom stereocenters. The summed E-state index contributed by atoms with van der Waals surface area (Å²) in [5.74, 6) is 2.52. The Morgan fingerprint density at radius 1 is 1.57 bits per heavy atom. The third kappa shape index (κ3) is 3.04. The molecule has 14 heavy (non-hydrogen) atoms. The molecular weight excluding hydrogens is 196 g/mol. The van der Waals surface area contributed by atoms with Gasteiger partial charge in [0.15, 0.2) is 0 Å². The van der Waals surface area contributed by atoms with Crippen LogP contribution >= 0.6 is 11.6 Å². The Morgan fingerprint density at radius 3 is 2.93 bits per heavy atom. The molecular formula is C11H13ClN2. The van der Waals surface area contributed by atoms with E-state index in [1.54, 1.807) is 0 Å². The van der Waals surface area contributed by atoms with E-state index < -0.39 is 0 Å². The zero-order valence-electron chi connectivity index (χ0n) is 7.83. The third-order valence-electron chi connectivity index (χ3n) is 1.94. The van der Waals surface area contributed by atoms with Crippen molar-refractivity contribution in [2.45, 2.75) is 6.04 Å². The first-order valence-electron chi connectivity index (χ1n) is 4.40. The van der Waals surface area contributed by atoms with Gasteiger partial charge in [-0.3, -0.25) is 5.32 Å². The molecule has 0 aromatic heterocycles. The van der Waals surface area contributed by atoms with E-state index >= 15 is 0 Å². The van der Waals surface area contributed by atoms with Crippen LogP contribution in [0.4, 0.5) is 0 Å². The van der Waals surface area contributed by atoms with Crippen molar-refractivity contribution in [2.75, 3.05) is 13.1 Å². The Labute approximate surface area is 89.4 Å². The molecule has 0 bridgehead atoms. The molecule has 74 valence electrons. The second kappa shape index (κ2) is 5.66. The van der Waals surface area contributed by atoms with Crippen molar-refractivity contribution in [1.29, 1.82) is 0 Å². The van der Waals surface area contributed by atoms with Gasteiger partial charge in [0.2, 0.25) is 0 Å². The van der Waals surface area contributed by atoms with E-state index in [1.807, 2.05) is 24.3 Å². The number of rotatable bonds is 4. The minimum Gasteiger partial charge on any atom is -0.329 e. The lowest BCUT2D eigenvalue weighted by Gasteiger charge is -2.15. The second-order valence-electron chi connectivity index (χ2n) is 2.93. The van der Waals surface area contributed by atoms with Crippen LogP contribution in [0.3, 0.4) is 0 Å². The number of halogens is 1. The van der Waals surface area contributed by atoms with E-state index in [-0.39, 0.29) is 6.04 Å². The fourth-order valence-corrected chi connectivity index (χ4v) is 1.44. The molecule has 0 fully saturated rings. The van der Waals surface area contributed by atoms with Gasteiger partial charge in [-0.1, -0.05) is 29.7 Å². The molecule has 1 unspecified atom stereocenters. The van der Waals surface area contributed by atoms with Crippen molar-refractivity contribution >= 4 is 11.6 Å². The average Bonchev–Trinajstić information content (AvgIpc) is 2.19. The van der Waals surface area contributed by atoms with Crippen LogP contribution in [0.5, 0.6) is 0 Å². The molecule has 1 rings (SSSR count). The summed E-state index contributed by atoms with van der Waals surface area (Å²) in [4.78, 5) is 0. The van der Waals surface area contributed by atoms with Gasteiger partial charge >= 0.3 is 0 Å². The fourth-order valence-electron chi connectivity index (χ4n) is 1.24. The summed E-state index contributed by atoms with van der Waals surface area (Å²) in [5.41, 5.74) is 6.69. The van der Waals surface area contributed by atoms with Gasteiger partial charge in [0.25, 0.3) is 0 Å². The van der Waals surface area contributed by atoms with Crippen molar-refractivity contribution in [3.63, 3.8) is 0 Å². The summed E-state index contributed by atoms with van der Waals surface area (Å²) >= 11 is 5.87. The molecule has 0 aliphatic carbocycles. The molecule has 0 aliphatic heterocycles. The molecule has 1 aromatic carbocycles. The van der Waals surface area contributed by atoms with E-state index in [2.05, 4.69) is 11.2 Å². The van der Waals surface area contributed by atoms with E-state index in [1.165, 1.54) is 0 Å². The lowest BCUT2D eigenvalue weighted by Crippen LogP contribution is -2.28. The van der Waals surface area contributed by atoms with Gasteiger partial charge < -0.3 is 5.73 Å². The Hall–Kier alpha value is -1.01. The Kier molecular flexibility index (Phi) is 4.48. The Balaban J connectivity index is 2.74. The van der Waals surface area contributed by atoms with Gasteiger partial charge in [0.1, 0.15) is 0 Å². The lowest BCUT2D eigenvalue weighted by molar-refractivity contribution is 0.582. The first-order chi connectivity index (χ1) is 6.77. The summed E-state index contributed by atoms with van der Waals surface area (Å²) in [5, 5.41) is 3.85. The summed E-state index contributed by atoms with van der Waals surface area (Å²) in [6.45, 7) is 1.01. The van der Waals surface area contributed by atoms with Crippen molar-refractivity contribution < 1.29 is 0 Å². The average molecular weight is 209 g/mol.